The second kappa shape index (κ2) is 8.93. The molecule has 8 heteroatoms. The van der Waals surface area contributed by atoms with Gasteiger partial charge in [0.2, 0.25) is 5.91 Å². The third-order valence-corrected chi connectivity index (χ3v) is 6.54. The number of nitrogens with zero attached hydrogens (tertiary/aromatic N) is 4. The molecule has 31 heavy (non-hydrogen) atoms. The highest BCUT2D eigenvalue weighted by Crippen LogP contribution is 2.28. The number of aromatic nitrogens is 4. The molecule has 7 nitrogen and oxygen atoms in total. The molecule has 0 saturated carbocycles. The molecule has 1 aliphatic heterocycles. The molecule has 5 rings (SSSR count). The fraction of sp³-hybridized carbons (Fsp3) is 0.304. The van der Waals surface area contributed by atoms with E-state index in [-0.39, 0.29) is 5.91 Å². The Labute approximate surface area is 184 Å². The molecule has 3 heterocycles. The van der Waals surface area contributed by atoms with Crippen molar-refractivity contribution in [2.24, 2.45) is 5.92 Å². The third kappa shape index (κ3) is 4.49. The molecule has 1 N–H and O–H groups in total. The summed E-state index contributed by atoms with van der Waals surface area (Å²) < 4.78 is 5.74. The topological polar surface area (TPSA) is 87.9 Å². The summed E-state index contributed by atoms with van der Waals surface area (Å²) in [7, 11) is 0. The molecule has 2 aromatic heterocycles. The molecular weight excluding hydrogens is 410 g/mol. The molecule has 0 radical (unpaired) electrons. The summed E-state index contributed by atoms with van der Waals surface area (Å²) in [4.78, 5) is 14.6. The second-order valence-electron chi connectivity index (χ2n) is 7.79. The molecule has 1 aliphatic rings. The SMILES string of the molecule is O=C(CSc1nnc(-c2n[nH]c3ccccc23)o1)N1CCC(Cc2ccccc2)CC1. The number of fused-ring (bicyclic) bond motifs is 1. The van der Waals surface area contributed by atoms with Crippen LogP contribution in [0.4, 0.5) is 0 Å². The fourth-order valence-electron chi connectivity index (χ4n) is 4.04. The minimum atomic E-state index is 0.119. The highest BCUT2D eigenvalue weighted by Gasteiger charge is 2.24. The predicted octanol–water partition coefficient (Wildman–Crippen LogP) is 4.19. The number of hydrogen-bond acceptors (Lipinski definition) is 6. The smallest absolute Gasteiger partial charge is 0.277 e. The molecule has 1 amide bonds. The standard InChI is InChI=1S/C23H23N5O2S/c29-20(28-12-10-17(11-13-28)14-16-6-2-1-3-7-16)15-31-23-27-26-22(30-23)21-18-8-4-5-9-19(18)24-25-21/h1-9,17H,10-15H2,(H,24,25). The number of likely N-dealkylation sites (tertiary alicyclic amines) is 1. The van der Waals surface area contributed by atoms with Gasteiger partial charge in [0.1, 0.15) is 0 Å². The maximum atomic E-state index is 12.6. The maximum absolute atomic E-state index is 12.6. The van der Waals surface area contributed by atoms with Gasteiger partial charge in [-0.25, -0.2) is 0 Å². The number of nitrogens with one attached hydrogen (secondary N) is 1. The van der Waals surface area contributed by atoms with Crippen LogP contribution in [-0.2, 0) is 11.2 Å². The Bertz CT molecular complexity index is 1160. The van der Waals surface area contributed by atoms with Crippen LogP contribution in [-0.4, -0.2) is 50.0 Å². The van der Waals surface area contributed by atoms with Crippen LogP contribution in [0.2, 0.25) is 0 Å². The van der Waals surface area contributed by atoms with Gasteiger partial charge in [-0.1, -0.05) is 60.3 Å². The summed E-state index contributed by atoms with van der Waals surface area (Å²) in [6, 6.07) is 18.4. The third-order valence-electron chi connectivity index (χ3n) is 5.73. The Morgan fingerprint density at radius 3 is 2.68 bits per heavy atom. The van der Waals surface area contributed by atoms with Crippen molar-refractivity contribution in [1.82, 2.24) is 25.3 Å². The Balaban J connectivity index is 1.13. The average Bonchev–Trinajstić information content (AvgIpc) is 3.45. The summed E-state index contributed by atoms with van der Waals surface area (Å²) in [5.41, 5.74) is 2.91. The summed E-state index contributed by atoms with van der Waals surface area (Å²) in [5, 5.41) is 16.7. The van der Waals surface area contributed by atoms with Crippen LogP contribution in [0.15, 0.2) is 64.2 Å². The Hall–Kier alpha value is -3.13. The lowest BCUT2D eigenvalue weighted by Crippen LogP contribution is -2.39. The number of amides is 1. The minimum absolute atomic E-state index is 0.119. The summed E-state index contributed by atoms with van der Waals surface area (Å²) in [5.74, 6) is 1.41. The second-order valence-corrected chi connectivity index (χ2v) is 8.72. The number of benzene rings is 2. The van der Waals surface area contributed by atoms with Gasteiger partial charge in [-0.2, -0.15) is 5.10 Å². The Morgan fingerprint density at radius 2 is 1.84 bits per heavy atom. The van der Waals surface area contributed by atoms with Gasteiger partial charge in [-0.3, -0.25) is 9.89 Å². The van der Waals surface area contributed by atoms with Gasteiger partial charge in [0.15, 0.2) is 5.69 Å². The molecular formula is C23H23N5O2S. The van der Waals surface area contributed by atoms with Crippen molar-refractivity contribution in [2.45, 2.75) is 24.5 Å². The van der Waals surface area contributed by atoms with Crippen LogP contribution in [0, 0.1) is 5.92 Å². The lowest BCUT2D eigenvalue weighted by Gasteiger charge is -2.32. The first kappa shape index (κ1) is 19.8. The molecule has 1 fully saturated rings. The number of H-pyrrole nitrogens is 1. The van der Waals surface area contributed by atoms with E-state index in [9.17, 15) is 4.79 Å². The van der Waals surface area contributed by atoms with E-state index in [1.54, 1.807) is 0 Å². The van der Waals surface area contributed by atoms with E-state index in [1.165, 1.54) is 17.3 Å². The zero-order chi connectivity index (χ0) is 21.0. The highest BCUT2D eigenvalue weighted by molar-refractivity contribution is 7.99. The van der Waals surface area contributed by atoms with E-state index in [0.29, 0.717) is 28.5 Å². The minimum Gasteiger partial charge on any atom is -0.409 e. The van der Waals surface area contributed by atoms with Crippen molar-refractivity contribution in [3.8, 4) is 11.6 Å². The number of aromatic amines is 1. The Kier molecular flexibility index (Phi) is 5.71. The number of rotatable bonds is 6. The summed E-state index contributed by atoms with van der Waals surface area (Å²) >= 11 is 1.28. The number of hydrogen-bond donors (Lipinski definition) is 1. The molecule has 4 aromatic rings. The fourth-order valence-corrected chi connectivity index (χ4v) is 4.70. The molecule has 2 aromatic carbocycles. The van der Waals surface area contributed by atoms with Crippen molar-refractivity contribution >= 4 is 28.6 Å². The van der Waals surface area contributed by atoms with Crippen LogP contribution < -0.4 is 0 Å². The molecule has 0 aliphatic carbocycles. The molecule has 1 saturated heterocycles. The zero-order valence-corrected chi connectivity index (χ0v) is 17.8. The molecule has 0 unspecified atom stereocenters. The van der Waals surface area contributed by atoms with Gasteiger partial charge in [-0.15, -0.1) is 10.2 Å². The van der Waals surface area contributed by atoms with E-state index in [4.69, 9.17) is 4.42 Å². The van der Waals surface area contributed by atoms with Gasteiger partial charge < -0.3 is 9.32 Å². The maximum Gasteiger partial charge on any atom is 0.277 e. The molecule has 0 bridgehead atoms. The monoisotopic (exact) mass is 433 g/mol. The summed E-state index contributed by atoms with van der Waals surface area (Å²) in [6.45, 7) is 1.62. The van der Waals surface area contributed by atoms with Crippen LogP contribution in [0.5, 0.6) is 0 Å². The van der Waals surface area contributed by atoms with Gasteiger partial charge in [0.25, 0.3) is 11.1 Å². The van der Waals surface area contributed by atoms with E-state index in [0.717, 1.165) is 43.3 Å². The van der Waals surface area contributed by atoms with Crippen molar-refractivity contribution in [3.05, 3.63) is 60.2 Å². The largest absolute Gasteiger partial charge is 0.409 e. The van der Waals surface area contributed by atoms with Crippen LogP contribution in [0.3, 0.4) is 0 Å². The summed E-state index contributed by atoms with van der Waals surface area (Å²) in [6.07, 6.45) is 3.18. The normalized spacial score (nSPS) is 14.9. The lowest BCUT2D eigenvalue weighted by atomic mass is 9.90. The molecule has 0 spiro atoms. The van der Waals surface area contributed by atoms with E-state index >= 15 is 0 Å². The van der Waals surface area contributed by atoms with Gasteiger partial charge in [0.05, 0.1) is 11.3 Å². The first-order valence-electron chi connectivity index (χ1n) is 10.5. The lowest BCUT2D eigenvalue weighted by molar-refractivity contribution is -0.129. The molecule has 0 atom stereocenters. The Morgan fingerprint density at radius 1 is 1.06 bits per heavy atom. The van der Waals surface area contributed by atoms with Crippen molar-refractivity contribution in [1.29, 1.82) is 0 Å². The number of piperidine rings is 1. The van der Waals surface area contributed by atoms with Gasteiger partial charge in [-0.05, 0) is 36.8 Å². The highest BCUT2D eigenvalue weighted by atomic mass is 32.2. The van der Waals surface area contributed by atoms with Crippen LogP contribution in [0.25, 0.3) is 22.5 Å². The van der Waals surface area contributed by atoms with Gasteiger partial charge in [0, 0.05) is 18.5 Å². The molecule has 158 valence electrons. The van der Waals surface area contributed by atoms with Crippen molar-refractivity contribution < 1.29 is 9.21 Å². The van der Waals surface area contributed by atoms with Crippen LogP contribution in [0.1, 0.15) is 18.4 Å². The average molecular weight is 434 g/mol. The van der Waals surface area contributed by atoms with E-state index in [1.807, 2.05) is 35.2 Å². The number of thioether (sulfide) groups is 1. The van der Waals surface area contributed by atoms with Crippen molar-refractivity contribution in [2.75, 3.05) is 18.8 Å². The van der Waals surface area contributed by atoms with Crippen molar-refractivity contribution in [3.63, 3.8) is 0 Å². The predicted molar refractivity (Wildman–Crippen MR) is 120 cm³/mol. The van der Waals surface area contributed by atoms with E-state index in [2.05, 4.69) is 44.7 Å². The van der Waals surface area contributed by atoms with Crippen LogP contribution >= 0.6 is 11.8 Å². The number of para-hydroxylation sites is 1. The first-order valence-corrected chi connectivity index (χ1v) is 11.5. The first-order chi connectivity index (χ1) is 15.3. The number of carbonyl (C=O) groups excluding carboxylic acids is 1. The zero-order valence-electron chi connectivity index (χ0n) is 17.0. The van der Waals surface area contributed by atoms with E-state index < -0.39 is 0 Å². The van der Waals surface area contributed by atoms with Gasteiger partial charge >= 0.3 is 0 Å². The quantitative estimate of drug-likeness (QED) is 0.459. The number of carbonyl (C=O) groups is 1.